The maximum Gasteiger partial charge on any atom is 0.411 e. The topological polar surface area (TPSA) is 58.6 Å². The molecule has 0 saturated heterocycles. The van der Waals surface area contributed by atoms with E-state index >= 15 is 0 Å². The van der Waals surface area contributed by atoms with Crippen molar-refractivity contribution in [1.29, 1.82) is 0 Å². The standard InChI is InChI=1S/C12H17F3N2O3S/c1-17(2)21(18,19)11-5-3-10(4-6-11)16-7-8-20-9-12(13,14)15/h3-6,16H,7-9H2,1-2H3. The predicted octanol–water partition coefficient (Wildman–Crippen LogP) is 1.93. The highest BCUT2D eigenvalue weighted by atomic mass is 32.2. The minimum atomic E-state index is -4.33. The SMILES string of the molecule is CN(C)S(=O)(=O)c1ccc(NCCOCC(F)(F)F)cc1. The molecule has 0 radical (unpaired) electrons. The number of hydrogen-bond donors (Lipinski definition) is 1. The van der Waals surface area contributed by atoms with Crippen LogP contribution < -0.4 is 5.32 Å². The zero-order chi connectivity index (χ0) is 16.1. The molecule has 0 unspecified atom stereocenters. The normalized spacial score (nSPS) is 12.7. The van der Waals surface area contributed by atoms with Gasteiger partial charge in [0.25, 0.3) is 0 Å². The van der Waals surface area contributed by atoms with Gasteiger partial charge in [-0.05, 0) is 24.3 Å². The molecular weight excluding hydrogens is 309 g/mol. The summed E-state index contributed by atoms with van der Waals surface area (Å²) in [6.45, 7) is -1.19. The summed E-state index contributed by atoms with van der Waals surface area (Å²) < 4.78 is 64.6. The number of halogens is 3. The van der Waals surface area contributed by atoms with Gasteiger partial charge in [0, 0.05) is 26.3 Å². The summed E-state index contributed by atoms with van der Waals surface area (Å²) in [5.41, 5.74) is 0.600. The number of rotatable bonds is 7. The second-order valence-electron chi connectivity index (χ2n) is 4.41. The van der Waals surface area contributed by atoms with Gasteiger partial charge in [-0.1, -0.05) is 0 Å². The van der Waals surface area contributed by atoms with Crippen LogP contribution in [0.25, 0.3) is 0 Å². The zero-order valence-electron chi connectivity index (χ0n) is 11.6. The van der Waals surface area contributed by atoms with Crippen molar-refractivity contribution in [1.82, 2.24) is 4.31 Å². The maximum absolute atomic E-state index is 11.8. The highest BCUT2D eigenvalue weighted by Gasteiger charge is 2.27. The summed E-state index contributed by atoms with van der Waals surface area (Å²) in [6, 6.07) is 5.93. The number of anilines is 1. The molecule has 9 heteroatoms. The fourth-order valence-corrected chi connectivity index (χ4v) is 2.31. The number of benzene rings is 1. The molecule has 1 N–H and O–H groups in total. The molecule has 1 rings (SSSR count). The maximum atomic E-state index is 11.8. The summed E-state index contributed by atoms with van der Waals surface area (Å²) >= 11 is 0. The molecule has 0 heterocycles. The molecule has 0 saturated carbocycles. The molecule has 0 fully saturated rings. The van der Waals surface area contributed by atoms with E-state index in [0.29, 0.717) is 5.69 Å². The van der Waals surface area contributed by atoms with Crippen molar-refractivity contribution in [2.24, 2.45) is 0 Å². The molecule has 0 spiro atoms. The molecule has 0 amide bonds. The third kappa shape index (κ3) is 5.90. The van der Waals surface area contributed by atoms with E-state index in [0.717, 1.165) is 4.31 Å². The third-order valence-corrected chi connectivity index (χ3v) is 4.30. The first-order chi connectivity index (χ1) is 9.63. The quantitative estimate of drug-likeness (QED) is 0.778. The van der Waals surface area contributed by atoms with Crippen molar-refractivity contribution in [3.8, 4) is 0 Å². The van der Waals surface area contributed by atoms with Crippen LogP contribution in [0.5, 0.6) is 0 Å². The van der Waals surface area contributed by atoms with Gasteiger partial charge in [-0.3, -0.25) is 0 Å². The van der Waals surface area contributed by atoms with E-state index in [1.54, 1.807) is 12.1 Å². The van der Waals surface area contributed by atoms with E-state index < -0.39 is 22.8 Å². The Morgan fingerprint density at radius 1 is 1.19 bits per heavy atom. The van der Waals surface area contributed by atoms with Crippen LogP contribution >= 0.6 is 0 Å². The Hall–Kier alpha value is -1.32. The first-order valence-corrected chi connectivity index (χ1v) is 7.48. The van der Waals surface area contributed by atoms with Gasteiger partial charge in [-0.2, -0.15) is 13.2 Å². The Balaban J connectivity index is 2.46. The fraction of sp³-hybridized carbons (Fsp3) is 0.500. The zero-order valence-corrected chi connectivity index (χ0v) is 12.5. The van der Waals surface area contributed by atoms with E-state index in [1.807, 2.05) is 0 Å². The molecule has 0 bridgehead atoms. The average molecular weight is 326 g/mol. The van der Waals surface area contributed by atoms with Gasteiger partial charge in [0.05, 0.1) is 11.5 Å². The Bertz CT molecular complexity index is 542. The molecule has 1 aromatic carbocycles. The Morgan fingerprint density at radius 3 is 2.24 bits per heavy atom. The molecule has 0 aromatic heterocycles. The first-order valence-electron chi connectivity index (χ1n) is 6.04. The molecule has 0 atom stereocenters. The third-order valence-electron chi connectivity index (χ3n) is 2.47. The fourth-order valence-electron chi connectivity index (χ4n) is 1.41. The van der Waals surface area contributed by atoms with Crippen molar-refractivity contribution in [2.45, 2.75) is 11.1 Å². The highest BCUT2D eigenvalue weighted by Crippen LogP contribution is 2.17. The molecule has 1 aromatic rings. The van der Waals surface area contributed by atoms with E-state index in [4.69, 9.17) is 0 Å². The van der Waals surface area contributed by atoms with Gasteiger partial charge in [0.15, 0.2) is 0 Å². The van der Waals surface area contributed by atoms with Crippen molar-refractivity contribution in [3.63, 3.8) is 0 Å². The average Bonchev–Trinajstić information content (AvgIpc) is 2.37. The van der Waals surface area contributed by atoms with E-state index in [2.05, 4.69) is 10.1 Å². The Kier molecular flexibility index (Phi) is 5.99. The van der Waals surface area contributed by atoms with Crippen molar-refractivity contribution in [2.75, 3.05) is 39.2 Å². The Morgan fingerprint density at radius 2 is 1.76 bits per heavy atom. The number of ether oxygens (including phenoxy) is 1. The lowest BCUT2D eigenvalue weighted by Crippen LogP contribution is -2.22. The van der Waals surface area contributed by atoms with E-state index in [-0.39, 0.29) is 18.0 Å². The Labute approximate surface area is 121 Å². The van der Waals surface area contributed by atoms with Crippen LogP contribution in [-0.4, -0.2) is 52.8 Å². The largest absolute Gasteiger partial charge is 0.411 e. The second kappa shape index (κ2) is 7.10. The summed E-state index contributed by atoms with van der Waals surface area (Å²) in [7, 11) is -0.623. The van der Waals surface area contributed by atoms with Crippen molar-refractivity contribution < 1.29 is 26.3 Å². The lowest BCUT2D eigenvalue weighted by atomic mass is 10.3. The van der Waals surface area contributed by atoms with Crippen LogP contribution in [-0.2, 0) is 14.8 Å². The molecule has 0 aliphatic rings. The van der Waals surface area contributed by atoms with Crippen LogP contribution in [0.2, 0.25) is 0 Å². The minimum absolute atomic E-state index is 0.0999. The molecule has 0 aliphatic carbocycles. The summed E-state index contributed by atoms with van der Waals surface area (Å²) in [5.74, 6) is 0. The van der Waals surface area contributed by atoms with Crippen LogP contribution in [0.3, 0.4) is 0 Å². The highest BCUT2D eigenvalue weighted by molar-refractivity contribution is 7.89. The summed E-state index contributed by atoms with van der Waals surface area (Å²) in [4.78, 5) is 0.145. The van der Waals surface area contributed by atoms with E-state index in [9.17, 15) is 21.6 Å². The van der Waals surface area contributed by atoms with Gasteiger partial charge in [0.2, 0.25) is 10.0 Å². The first kappa shape index (κ1) is 17.7. The summed E-state index contributed by atoms with van der Waals surface area (Å²) in [6.07, 6.45) is -4.33. The molecule has 120 valence electrons. The van der Waals surface area contributed by atoms with Gasteiger partial charge < -0.3 is 10.1 Å². The molecular formula is C12H17F3N2O3S. The molecule has 0 aliphatic heterocycles. The lowest BCUT2D eigenvalue weighted by Gasteiger charge is -2.12. The van der Waals surface area contributed by atoms with Crippen LogP contribution in [0.4, 0.5) is 18.9 Å². The number of nitrogens with zero attached hydrogens (tertiary/aromatic N) is 1. The second-order valence-corrected chi connectivity index (χ2v) is 6.56. The van der Waals surface area contributed by atoms with Crippen LogP contribution in [0.1, 0.15) is 0 Å². The van der Waals surface area contributed by atoms with Crippen molar-refractivity contribution in [3.05, 3.63) is 24.3 Å². The lowest BCUT2D eigenvalue weighted by molar-refractivity contribution is -0.172. The smallest absolute Gasteiger partial charge is 0.383 e. The summed E-state index contributed by atoms with van der Waals surface area (Å²) in [5, 5.41) is 2.84. The number of alkyl halides is 3. The van der Waals surface area contributed by atoms with Crippen LogP contribution in [0.15, 0.2) is 29.2 Å². The monoisotopic (exact) mass is 326 g/mol. The van der Waals surface area contributed by atoms with Gasteiger partial charge in [0.1, 0.15) is 6.61 Å². The van der Waals surface area contributed by atoms with Gasteiger partial charge >= 0.3 is 6.18 Å². The number of nitrogens with one attached hydrogen (secondary N) is 1. The van der Waals surface area contributed by atoms with Gasteiger partial charge in [-0.25, -0.2) is 12.7 Å². The molecule has 5 nitrogen and oxygen atoms in total. The number of sulfonamides is 1. The van der Waals surface area contributed by atoms with E-state index in [1.165, 1.54) is 26.2 Å². The van der Waals surface area contributed by atoms with Crippen molar-refractivity contribution >= 4 is 15.7 Å². The molecule has 21 heavy (non-hydrogen) atoms. The minimum Gasteiger partial charge on any atom is -0.383 e. The number of hydrogen-bond acceptors (Lipinski definition) is 4. The van der Waals surface area contributed by atoms with Gasteiger partial charge in [-0.15, -0.1) is 0 Å². The predicted molar refractivity (Wildman–Crippen MR) is 72.7 cm³/mol. The van der Waals surface area contributed by atoms with Crippen LogP contribution in [0, 0.1) is 0 Å².